The fraction of sp³-hybridized carbons (Fsp3) is 0.231. The number of aldehydes is 1. The number of carbonyl (C=O) groups excluding carboxylic acids is 1. The number of benzene rings is 1. The van der Waals surface area contributed by atoms with Crippen molar-refractivity contribution < 1.29 is 9.53 Å². The molecule has 18 heavy (non-hydrogen) atoms. The topological polar surface area (TPSA) is 44.1 Å². The van der Waals surface area contributed by atoms with E-state index in [9.17, 15) is 4.79 Å². The first-order valence-corrected chi connectivity index (χ1v) is 6.26. The van der Waals surface area contributed by atoms with Crippen molar-refractivity contribution in [1.82, 2.24) is 9.78 Å². The molecule has 0 aliphatic heterocycles. The summed E-state index contributed by atoms with van der Waals surface area (Å²) in [4.78, 5) is 10.8. The number of carbonyl (C=O) groups is 1. The first kappa shape index (κ1) is 12.8. The van der Waals surface area contributed by atoms with E-state index in [-0.39, 0.29) is 0 Å². The minimum absolute atomic E-state index is 0.428. The molecule has 0 unspecified atom stereocenters. The Morgan fingerprint density at radius 1 is 1.44 bits per heavy atom. The fourth-order valence-corrected chi connectivity index (χ4v) is 2.00. The lowest BCUT2D eigenvalue weighted by molar-refractivity contribution is 0.112. The van der Waals surface area contributed by atoms with Crippen LogP contribution in [-0.2, 0) is 13.7 Å². The van der Waals surface area contributed by atoms with Crippen molar-refractivity contribution in [1.29, 1.82) is 0 Å². The highest BCUT2D eigenvalue weighted by Crippen LogP contribution is 2.21. The van der Waals surface area contributed by atoms with Gasteiger partial charge < -0.3 is 4.74 Å². The molecule has 4 nitrogen and oxygen atoms in total. The Kier molecular flexibility index (Phi) is 3.81. The molecule has 2 rings (SSSR count). The van der Waals surface area contributed by atoms with Crippen LogP contribution in [0.15, 0.2) is 28.7 Å². The maximum atomic E-state index is 10.8. The molecule has 1 aromatic heterocycles. The van der Waals surface area contributed by atoms with E-state index in [1.807, 2.05) is 26.1 Å². The number of rotatable bonds is 4. The highest BCUT2D eigenvalue weighted by Gasteiger charge is 2.05. The molecule has 1 heterocycles. The molecule has 0 aliphatic rings. The fourth-order valence-electron chi connectivity index (χ4n) is 1.66. The minimum atomic E-state index is 0.428. The standard InChI is InChI=1S/C13H13BrN2O2/c1-9-5-11(16(2)15-9)8-18-12-3-4-13(14)10(6-12)7-17/h3-7H,8H2,1-2H3. The number of ether oxygens (including phenoxy) is 1. The summed E-state index contributed by atoms with van der Waals surface area (Å²) < 4.78 is 8.19. The lowest BCUT2D eigenvalue weighted by atomic mass is 10.2. The summed E-state index contributed by atoms with van der Waals surface area (Å²) in [7, 11) is 1.88. The highest BCUT2D eigenvalue weighted by molar-refractivity contribution is 9.10. The molecule has 1 aromatic carbocycles. The number of hydrogen-bond acceptors (Lipinski definition) is 3. The summed E-state index contributed by atoms with van der Waals surface area (Å²) in [6, 6.07) is 7.30. The van der Waals surface area contributed by atoms with Gasteiger partial charge in [-0.05, 0) is 31.2 Å². The maximum Gasteiger partial charge on any atom is 0.151 e. The van der Waals surface area contributed by atoms with Crippen molar-refractivity contribution in [3.05, 3.63) is 45.7 Å². The Labute approximate surface area is 114 Å². The van der Waals surface area contributed by atoms with Crippen molar-refractivity contribution in [2.75, 3.05) is 0 Å². The second kappa shape index (κ2) is 5.35. The SMILES string of the molecule is Cc1cc(COc2ccc(Br)c(C=O)c2)n(C)n1. The molecule has 0 bridgehead atoms. The van der Waals surface area contributed by atoms with Gasteiger partial charge in [-0.25, -0.2) is 0 Å². The second-order valence-electron chi connectivity index (χ2n) is 3.99. The molecule has 5 heteroatoms. The Morgan fingerprint density at radius 3 is 2.83 bits per heavy atom. The maximum absolute atomic E-state index is 10.8. The monoisotopic (exact) mass is 308 g/mol. The van der Waals surface area contributed by atoms with Crippen molar-refractivity contribution in [3.63, 3.8) is 0 Å². The zero-order valence-electron chi connectivity index (χ0n) is 10.2. The van der Waals surface area contributed by atoms with E-state index in [1.165, 1.54) is 0 Å². The summed E-state index contributed by atoms with van der Waals surface area (Å²) in [6.45, 7) is 2.37. The van der Waals surface area contributed by atoms with E-state index in [1.54, 1.807) is 16.8 Å². The average molecular weight is 309 g/mol. The van der Waals surface area contributed by atoms with Gasteiger partial charge in [-0.15, -0.1) is 0 Å². The summed E-state index contributed by atoms with van der Waals surface area (Å²) in [5.41, 5.74) is 2.53. The van der Waals surface area contributed by atoms with Gasteiger partial charge >= 0.3 is 0 Å². The van der Waals surface area contributed by atoms with Crippen LogP contribution in [0.2, 0.25) is 0 Å². The molecule has 0 amide bonds. The van der Waals surface area contributed by atoms with Crippen LogP contribution < -0.4 is 4.74 Å². The van der Waals surface area contributed by atoms with E-state index in [2.05, 4.69) is 21.0 Å². The number of halogens is 1. The van der Waals surface area contributed by atoms with E-state index < -0.39 is 0 Å². The minimum Gasteiger partial charge on any atom is -0.487 e. The largest absolute Gasteiger partial charge is 0.487 e. The molecule has 0 radical (unpaired) electrons. The van der Waals surface area contributed by atoms with Gasteiger partial charge in [-0.1, -0.05) is 15.9 Å². The van der Waals surface area contributed by atoms with Gasteiger partial charge in [-0.3, -0.25) is 9.48 Å². The molecule has 0 fully saturated rings. The molecule has 0 aliphatic carbocycles. The first-order chi connectivity index (χ1) is 8.60. The molecular weight excluding hydrogens is 296 g/mol. The molecule has 0 saturated heterocycles. The van der Waals surface area contributed by atoms with Crippen molar-refractivity contribution in [3.8, 4) is 5.75 Å². The molecule has 94 valence electrons. The summed E-state index contributed by atoms with van der Waals surface area (Å²) in [5.74, 6) is 0.666. The van der Waals surface area contributed by atoms with Gasteiger partial charge in [-0.2, -0.15) is 5.10 Å². The highest BCUT2D eigenvalue weighted by atomic mass is 79.9. The lowest BCUT2D eigenvalue weighted by Crippen LogP contribution is -2.03. The van der Waals surface area contributed by atoms with Gasteiger partial charge in [0.2, 0.25) is 0 Å². The van der Waals surface area contributed by atoms with Crippen LogP contribution in [0, 0.1) is 6.92 Å². The van der Waals surface area contributed by atoms with Gasteiger partial charge in [0, 0.05) is 17.1 Å². The summed E-state index contributed by atoms with van der Waals surface area (Å²) in [5, 5.41) is 4.24. The summed E-state index contributed by atoms with van der Waals surface area (Å²) in [6.07, 6.45) is 0.797. The van der Waals surface area contributed by atoms with E-state index in [0.717, 1.165) is 22.1 Å². The van der Waals surface area contributed by atoms with Crippen LogP contribution in [0.5, 0.6) is 5.75 Å². The Bertz CT molecular complexity index is 578. The zero-order valence-corrected chi connectivity index (χ0v) is 11.8. The van der Waals surface area contributed by atoms with Crippen LogP contribution >= 0.6 is 15.9 Å². The number of aromatic nitrogens is 2. The van der Waals surface area contributed by atoms with Crippen LogP contribution in [-0.4, -0.2) is 16.1 Å². The van der Waals surface area contributed by atoms with Gasteiger partial charge in [0.1, 0.15) is 12.4 Å². The second-order valence-corrected chi connectivity index (χ2v) is 4.84. The van der Waals surface area contributed by atoms with Crippen molar-refractivity contribution in [2.45, 2.75) is 13.5 Å². The van der Waals surface area contributed by atoms with Crippen molar-refractivity contribution in [2.24, 2.45) is 7.05 Å². The molecule has 0 atom stereocenters. The Morgan fingerprint density at radius 2 is 2.22 bits per heavy atom. The van der Waals surface area contributed by atoms with Gasteiger partial charge in [0.05, 0.1) is 11.4 Å². The van der Waals surface area contributed by atoms with E-state index in [0.29, 0.717) is 17.9 Å². The average Bonchev–Trinajstić information content (AvgIpc) is 2.67. The molecule has 2 aromatic rings. The number of hydrogen-bond donors (Lipinski definition) is 0. The Hall–Kier alpha value is -1.62. The molecule has 0 N–H and O–H groups in total. The van der Waals surface area contributed by atoms with Crippen LogP contribution in [0.25, 0.3) is 0 Å². The van der Waals surface area contributed by atoms with E-state index in [4.69, 9.17) is 4.74 Å². The quantitative estimate of drug-likeness (QED) is 0.816. The van der Waals surface area contributed by atoms with Crippen LogP contribution in [0.3, 0.4) is 0 Å². The van der Waals surface area contributed by atoms with Crippen LogP contribution in [0.4, 0.5) is 0 Å². The third-order valence-corrected chi connectivity index (χ3v) is 3.30. The van der Waals surface area contributed by atoms with Gasteiger partial charge in [0.25, 0.3) is 0 Å². The third-order valence-electron chi connectivity index (χ3n) is 2.58. The molecule has 0 spiro atoms. The predicted octanol–water partition coefficient (Wildman–Crippen LogP) is 2.88. The lowest BCUT2D eigenvalue weighted by Gasteiger charge is -2.07. The predicted molar refractivity (Wildman–Crippen MR) is 71.8 cm³/mol. The molecular formula is C13H13BrN2O2. The van der Waals surface area contributed by atoms with E-state index >= 15 is 0 Å². The zero-order chi connectivity index (χ0) is 13.1. The summed E-state index contributed by atoms with van der Waals surface area (Å²) >= 11 is 3.30. The van der Waals surface area contributed by atoms with Crippen LogP contribution in [0.1, 0.15) is 21.7 Å². The number of nitrogens with zero attached hydrogens (tertiary/aromatic N) is 2. The first-order valence-electron chi connectivity index (χ1n) is 5.47. The van der Waals surface area contributed by atoms with Gasteiger partial charge in [0.15, 0.2) is 6.29 Å². The normalized spacial score (nSPS) is 10.4. The smallest absolute Gasteiger partial charge is 0.151 e. The molecule has 0 saturated carbocycles. The third kappa shape index (κ3) is 2.79. The number of aryl methyl sites for hydroxylation is 2. The van der Waals surface area contributed by atoms with Crippen molar-refractivity contribution >= 4 is 22.2 Å². The Balaban J connectivity index is 2.11.